The third-order valence-electron chi connectivity index (χ3n) is 9.40. The Kier molecular flexibility index (Phi) is 3.09. The predicted molar refractivity (Wildman–Crippen MR) is 97.4 cm³/mol. The lowest BCUT2D eigenvalue weighted by molar-refractivity contribution is -0.257. The fourth-order valence-electron chi connectivity index (χ4n) is 8.52. The lowest BCUT2D eigenvalue weighted by Gasteiger charge is -2.54. The maximum Gasteiger partial charge on any atom is 0.174 e. The Morgan fingerprint density at radius 1 is 0.929 bits per heavy atom. The van der Waals surface area contributed by atoms with Crippen LogP contribution in [0.4, 0.5) is 0 Å². The van der Waals surface area contributed by atoms with Gasteiger partial charge >= 0.3 is 0 Å². The summed E-state index contributed by atoms with van der Waals surface area (Å²) in [6.07, 6.45) is 6.72. The summed E-state index contributed by atoms with van der Waals surface area (Å²) in [6.45, 7) is 4.93. The molecule has 4 heterocycles. The molecule has 4 aliphatic heterocycles. The number of ether oxygens (including phenoxy) is 5. The van der Waals surface area contributed by atoms with E-state index in [4.69, 9.17) is 23.7 Å². The SMILES string of the molecule is CC12CC(O)C3=C4CCC5(C[C@]46CC[C@]3(O6)[C@@H]1CCC21OCCO1)OCCO5. The van der Waals surface area contributed by atoms with Crippen LogP contribution in [0.3, 0.4) is 0 Å². The minimum atomic E-state index is -0.546. The van der Waals surface area contributed by atoms with E-state index in [1.165, 1.54) is 11.1 Å². The van der Waals surface area contributed by atoms with Gasteiger partial charge in [0.1, 0.15) is 0 Å². The van der Waals surface area contributed by atoms with Gasteiger partial charge in [0.15, 0.2) is 11.6 Å². The number of hydrogen-bond donors (Lipinski definition) is 1. The second-order valence-electron chi connectivity index (χ2n) is 10.3. The zero-order valence-electron chi connectivity index (χ0n) is 16.6. The summed E-state index contributed by atoms with van der Waals surface area (Å²) >= 11 is 0. The van der Waals surface area contributed by atoms with E-state index in [0.717, 1.165) is 44.9 Å². The molecule has 0 aromatic heterocycles. The van der Waals surface area contributed by atoms with Gasteiger partial charge in [0.25, 0.3) is 0 Å². The Balaban J connectivity index is 1.34. The Bertz CT molecular complexity index is 765. The van der Waals surface area contributed by atoms with Gasteiger partial charge in [-0.15, -0.1) is 0 Å². The van der Waals surface area contributed by atoms with Gasteiger partial charge in [0.05, 0.1) is 43.7 Å². The Morgan fingerprint density at radius 3 is 2.46 bits per heavy atom. The van der Waals surface area contributed by atoms with Crippen molar-refractivity contribution < 1.29 is 28.8 Å². The van der Waals surface area contributed by atoms with Gasteiger partial charge in [0.2, 0.25) is 0 Å². The van der Waals surface area contributed by atoms with E-state index < -0.39 is 17.7 Å². The normalized spacial score (nSPS) is 52.5. The number of aliphatic hydroxyl groups is 1. The second kappa shape index (κ2) is 5.04. The van der Waals surface area contributed by atoms with Gasteiger partial charge in [0, 0.05) is 30.6 Å². The largest absolute Gasteiger partial charge is 0.389 e. The van der Waals surface area contributed by atoms with Crippen LogP contribution in [0.5, 0.6) is 0 Å². The van der Waals surface area contributed by atoms with Crippen molar-refractivity contribution in [3.8, 4) is 0 Å². The molecule has 2 bridgehead atoms. The highest BCUT2D eigenvalue weighted by molar-refractivity contribution is 5.48. The highest BCUT2D eigenvalue weighted by atomic mass is 16.7. The molecule has 4 spiro atoms. The molecule has 154 valence electrons. The molecule has 6 heteroatoms. The van der Waals surface area contributed by atoms with Crippen LogP contribution in [-0.4, -0.2) is 60.4 Å². The van der Waals surface area contributed by atoms with Gasteiger partial charge < -0.3 is 28.8 Å². The van der Waals surface area contributed by atoms with Crippen LogP contribution in [0.1, 0.15) is 58.3 Å². The monoisotopic (exact) mass is 390 g/mol. The standard InChI is InChI=1S/C22H30O6/c1-18-12-15(23)17-14-2-4-20(24-8-9-25-20)13-19(14)6-7-21(17,28-19)16(18)3-5-22(18)26-10-11-27-22/h15-16,23H,2-13H2,1H3/t15?,16-,18?,19-,21+/m1/s1. The number of fused-ring (bicyclic) bond motifs is 2. The lowest BCUT2D eigenvalue weighted by Crippen LogP contribution is -2.59. The van der Waals surface area contributed by atoms with Crippen molar-refractivity contribution in [2.24, 2.45) is 11.3 Å². The fourth-order valence-corrected chi connectivity index (χ4v) is 8.52. The van der Waals surface area contributed by atoms with Gasteiger partial charge in [-0.25, -0.2) is 0 Å². The fraction of sp³-hybridized carbons (Fsp3) is 0.909. The molecule has 0 aromatic rings. The van der Waals surface area contributed by atoms with Crippen LogP contribution in [0, 0.1) is 11.3 Å². The first-order valence-electron chi connectivity index (χ1n) is 11.1. The molecule has 5 atom stereocenters. The summed E-state index contributed by atoms with van der Waals surface area (Å²) in [7, 11) is 0. The minimum Gasteiger partial charge on any atom is -0.389 e. The first-order valence-corrected chi connectivity index (χ1v) is 11.1. The van der Waals surface area contributed by atoms with Gasteiger partial charge in [-0.2, -0.15) is 0 Å². The van der Waals surface area contributed by atoms with Crippen LogP contribution in [0.2, 0.25) is 0 Å². The first kappa shape index (κ1) is 17.2. The molecule has 3 saturated heterocycles. The Labute approximate surface area is 165 Å². The van der Waals surface area contributed by atoms with E-state index in [1.54, 1.807) is 0 Å². The molecular weight excluding hydrogens is 360 g/mol. The molecule has 0 radical (unpaired) electrons. The average Bonchev–Trinajstić information content (AvgIpc) is 3.44. The molecule has 3 aliphatic carbocycles. The predicted octanol–water partition coefficient (Wildman–Crippen LogP) is 2.44. The van der Waals surface area contributed by atoms with Crippen LogP contribution in [0.25, 0.3) is 0 Å². The van der Waals surface area contributed by atoms with Crippen molar-refractivity contribution in [3.63, 3.8) is 0 Å². The maximum atomic E-state index is 11.4. The molecule has 0 aromatic carbocycles. The molecule has 6 fully saturated rings. The molecule has 1 N–H and O–H groups in total. The highest BCUT2D eigenvalue weighted by Crippen LogP contribution is 2.73. The zero-order chi connectivity index (χ0) is 18.8. The van der Waals surface area contributed by atoms with Crippen molar-refractivity contribution >= 4 is 0 Å². The molecule has 3 saturated carbocycles. The molecule has 7 rings (SSSR count). The zero-order valence-corrected chi connectivity index (χ0v) is 16.6. The summed E-state index contributed by atoms with van der Waals surface area (Å²) in [5, 5.41) is 11.4. The van der Waals surface area contributed by atoms with Crippen LogP contribution >= 0.6 is 0 Å². The maximum absolute atomic E-state index is 11.4. The van der Waals surface area contributed by atoms with Crippen molar-refractivity contribution in [2.45, 2.75) is 87.2 Å². The van der Waals surface area contributed by atoms with Crippen LogP contribution in [0.15, 0.2) is 11.1 Å². The quantitative estimate of drug-likeness (QED) is 0.641. The third-order valence-corrected chi connectivity index (χ3v) is 9.40. The number of hydrogen-bond acceptors (Lipinski definition) is 6. The molecule has 2 unspecified atom stereocenters. The molecule has 0 amide bonds. The molecule has 28 heavy (non-hydrogen) atoms. The number of rotatable bonds is 0. The Hall–Kier alpha value is -0.500. The van der Waals surface area contributed by atoms with Gasteiger partial charge in [-0.05, 0) is 43.3 Å². The van der Waals surface area contributed by atoms with Crippen molar-refractivity contribution in [1.82, 2.24) is 0 Å². The molecular formula is C22H30O6. The second-order valence-corrected chi connectivity index (χ2v) is 10.3. The summed E-state index contributed by atoms with van der Waals surface area (Å²) < 4.78 is 31.7. The summed E-state index contributed by atoms with van der Waals surface area (Å²) in [4.78, 5) is 0. The van der Waals surface area contributed by atoms with Crippen LogP contribution in [-0.2, 0) is 23.7 Å². The van der Waals surface area contributed by atoms with E-state index in [0.29, 0.717) is 38.8 Å². The van der Waals surface area contributed by atoms with Crippen molar-refractivity contribution in [3.05, 3.63) is 11.1 Å². The smallest absolute Gasteiger partial charge is 0.174 e. The average molecular weight is 390 g/mol. The summed E-state index contributed by atoms with van der Waals surface area (Å²) in [6, 6.07) is 0. The number of aliphatic hydroxyl groups excluding tert-OH is 1. The molecule has 7 aliphatic rings. The topological polar surface area (TPSA) is 66.4 Å². The summed E-state index contributed by atoms with van der Waals surface area (Å²) in [5.74, 6) is -0.697. The van der Waals surface area contributed by atoms with Crippen molar-refractivity contribution in [1.29, 1.82) is 0 Å². The third kappa shape index (κ3) is 1.71. The highest BCUT2D eigenvalue weighted by Gasteiger charge is 2.76. The summed E-state index contributed by atoms with van der Waals surface area (Å²) in [5.41, 5.74) is 1.70. The van der Waals surface area contributed by atoms with Gasteiger partial charge in [-0.3, -0.25) is 0 Å². The van der Waals surface area contributed by atoms with E-state index in [-0.39, 0.29) is 16.6 Å². The van der Waals surface area contributed by atoms with Crippen molar-refractivity contribution in [2.75, 3.05) is 26.4 Å². The molecule has 6 nitrogen and oxygen atoms in total. The van der Waals surface area contributed by atoms with E-state index in [1.807, 2.05) is 0 Å². The first-order chi connectivity index (χ1) is 13.5. The Morgan fingerprint density at radius 2 is 1.68 bits per heavy atom. The minimum absolute atomic E-state index is 0.218. The van der Waals surface area contributed by atoms with E-state index >= 15 is 0 Å². The van der Waals surface area contributed by atoms with E-state index in [2.05, 4.69) is 6.92 Å². The van der Waals surface area contributed by atoms with E-state index in [9.17, 15) is 5.11 Å². The van der Waals surface area contributed by atoms with Gasteiger partial charge in [-0.1, -0.05) is 6.92 Å². The lowest BCUT2D eigenvalue weighted by atomic mass is 9.54. The van der Waals surface area contributed by atoms with Crippen LogP contribution < -0.4 is 0 Å².